The molecule has 0 amide bonds. The minimum absolute atomic E-state index is 0.0204. The lowest BCUT2D eigenvalue weighted by atomic mass is 9.83. The van der Waals surface area contributed by atoms with Crippen molar-refractivity contribution < 1.29 is 29.7 Å². The summed E-state index contributed by atoms with van der Waals surface area (Å²) in [6.07, 6.45) is 0.345. The summed E-state index contributed by atoms with van der Waals surface area (Å²) in [6.45, 7) is 3.68. The van der Waals surface area contributed by atoms with Gasteiger partial charge in [-0.1, -0.05) is 13.8 Å². The number of aliphatic carboxylic acids is 3. The molecule has 0 saturated heterocycles. The van der Waals surface area contributed by atoms with Crippen molar-refractivity contribution in [2.45, 2.75) is 64.0 Å². The van der Waals surface area contributed by atoms with Crippen LogP contribution >= 0.6 is 0 Å². The number of hydrogen-bond donors (Lipinski definition) is 4. The van der Waals surface area contributed by atoms with Crippen molar-refractivity contribution in [1.29, 1.82) is 0 Å². The Morgan fingerprint density at radius 3 is 1.90 bits per heavy atom. The van der Waals surface area contributed by atoms with Crippen LogP contribution in [0.15, 0.2) is 0 Å². The van der Waals surface area contributed by atoms with Crippen molar-refractivity contribution in [2.24, 2.45) is 0 Å². The van der Waals surface area contributed by atoms with E-state index in [4.69, 9.17) is 15.3 Å². The first kappa shape index (κ1) is 18.4. The maximum atomic E-state index is 11.0. The molecule has 0 aliphatic carbocycles. The Bertz CT molecular complexity index is 355. The third-order valence-electron chi connectivity index (χ3n) is 2.95. The number of hydrogen-bond acceptors (Lipinski definition) is 4. The number of carbonyl (C=O) groups is 3. The van der Waals surface area contributed by atoms with Gasteiger partial charge in [-0.3, -0.25) is 14.4 Å². The molecular weight excluding hydrogens is 266 g/mol. The SMILES string of the molecule is CC(C)NC(CCCC(=O)O)(CCC(=O)O)CC(=O)O. The summed E-state index contributed by atoms with van der Waals surface area (Å²) in [5.74, 6) is -2.97. The van der Waals surface area contributed by atoms with Gasteiger partial charge in [0.25, 0.3) is 0 Å². The molecule has 0 bridgehead atoms. The van der Waals surface area contributed by atoms with E-state index >= 15 is 0 Å². The monoisotopic (exact) mass is 289 g/mol. The number of nitrogens with one attached hydrogen (secondary N) is 1. The first-order chi connectivity index (χ1) is 9.17. The van der Waals surface area contributed by atoms with Crippen LogP contribution in [-0.4, -0.2) is 44.8 Å². The van der Waals surface area contributed by atoms with Crippen LogP contribution in [0.1, 0.15) is 52.4 Å². The maximum absolute atomic E-state index is 11.0. The van der Waals surface area contributed by atoms with Gasteiger partial charge in [-0.05, 0) is 19.3 Å². The van der Waals surface area contributed by atoms with Crippen LogP contribution in [-0.2, 0) is 14.4 Å². The van der Waals surface area contributed by atoms with Crippen molar-refractivity contribution in [3.63, 3.8) is 0 Å². The van der Waals surface area contributed by atoms with E-state index in [9.17, 15) is 14.4 Å². The summed E-state index contributed by atoms with van der Waals surface area (Å²) in [5.41, 5.74) is -0.881. The Hall–Kier alpha value is -1.63. The topological polar surface area (TPSA) is 124 Å². The molecular formula is C13H23NO6. The number of carboxylic acid groups (broad SMARTS) is 3. The fourth-order valence-corrected chi connectivity index (χ4v) is 2.32. The summed E-state index contributed by atoms with van der Waals surface area (Å²) in [5, 5.41) is 29.6. The summed E-state index contributed by atoms with van der Waals surface area (Å²) in [7, 11) is 0. The van der Waals surface area contributed by atoms with Gasteiger partial charge in [0.1, 0.15) is 0 Å². The molecule has 0 aromatic carbocycles. The van der Waals surface area contributed by atoms with Crippen molar-refractivity contribution in [3.8, 4) is 0 Å². The zero-order chi connectivity index (χ0) is 15.8. The highest BCUT2D eigenvalue weighted by Crippen LogP contribution is 2.26. The van der Waals surface area contributed by atoms with E-state index in [1.807, 2.05) is 13.8 Å². The van der Waals surface area contributed by atoms with Gasteiger partial charge in [0, 0.05) is 24.4 Å². The first-order valence-corrected chi connectivity index (χ1v) is 6.60. The molecule has 116 valence electrons. The van der Waals surface area contributed by atoms with E-state index in [2.05, 4.69) is 5.32 Å². The molecule has 7 nitrogen and oxygen atoms in total. The predicted octanol–water partition coefficient (Wildman–Crippen LogP) is 1.32. The lowest BCUT2D eigenvalue weighted by molar-refractivity contribution is -0.141. The summed E-state index contributed by atoms with van der Waals surface area (Å²) >= 11 is 0. The summed E-state index contributed by atoms with van der Waals surface area (Å²) in [6, 6.07) is -0.0204. The van der Waals surface area contributed by atoms with E-state index in [1.54, 1.807) is 0 Å². The molecule has 0 rings (SSSR count). The van der Waals surface area contributed by atoms with E-state index in [0.29, 0.717) is 12.8 Å². The highest BCUT2D eigenvalue weighted by molar-refractivity contribution is 5.70. The number of rotatable bonds is 11. The van der Waals surface area contributed by atoms with Crippen LogP contribution in [0.4, 0.5) is 0 Å². The second kappa shape index (κ2) is 8.52. The van der Waals surface area contributed by atoms with Crippen molar-refractivity contribution in [1.82, 2.24) is 5.32 Å². The Balaban J connectivity index is 4.91. The van der Waals surface area contributed by atoms with Gasteiger partial charge in [-0.25, -0.2) is 0 Å². The second-order valence-corrected chi connectivity index (χ2v) is 5.29. The molecule has 20 heavy (non-hydrogen) atoms. The van der Waals surface area contributed by atoms with E-state index in [-0.39, 0.29) is 31.7 Å². The van der Waals surface area contributed by atoms with Gasteiger partial charge in [0.05, 0.1) is 6.42 Å². The van der Waals surface area contributed by atoms with Gasteiger partial charge in [-0.15, -0.1) is 0 Å². The fourth-order valence-electron chi connectivity index (χ4n) is 2.32. The van der Waals surface area contributed by atoms with Crippen LogP contribution in [0.5, 0.6) is 0 Å². The molecule has 0 aliphatic heterocycles. The smallest absolute Gasteiger partial charge is 0.305 e. The second-order valence-electron chi connectivity index (χ2n) is 5.29. The molecule has 0 aromatic heterocycles. The third kappa shape index (κ3) is 8.47. The lowest BCUT2D eigenvalue weighted by Gasteiger charge is -2.35. The molecule has 0 heterocycles. The Labute approximate surface area is 118 Å². The van der Waals surface area contributed by atoms with Gasteiger partial charge in [-0.2, -0.15) is 0 Å². The van der Waals surface area contributed by atoms with E-state index < -0.39 is 23.4 Å². The third-order valence-corrected chi connectivity index (χ3v) is 2.95. The lowest BCUT2D eigenvalue weighted by Crippen LogP contribution is -2.50. The standard InChI is InChI=1S/C13H23NO6/c1-9(2)14-13(8-12(19)20,7-5-11(17)18)6-3-4-10(15)16/h9,14H,3-8H2,1-2H3,(H,15,16)(H,17,18)(H,19,20). The minimum atomic E-state index is -1.03. The van der Waals surface area contributed by atoms with Crippen LogP contribution in [0.3, 0.4) is 0 Å². The predicted molar refractivity (Wildman–Crippen MR) is 71.6 cm³/mol. The first-order valence-electron chi connectivity index (χ1n) is 6.60. The molecule has 0 saturated carbocycles. The molecule has 1 unspecified atom stereocenters. The van der Waals surface area contributed by atoms with Gasteiger partial charge in [0.15, 0.2) is 0 Å². The van der Waals surface area contributed by atoms with E-state index in [1.165, 1.54) is 0 Å². The molecule has 0 fully saturated rings. The molecule has 4 N–H and O–H groups in total. The van der Waals surface area contributed by atoms with Gasteiger partial charge < -0.3 is 20.6 Å². The molecule has 0 aromatic rings. The van der Waals surface area contributed by atoms with Crippen molar-refractivity contribution in [2.75, 3.05) is 0 Å². The van der Waals surface area contributed by atoms with Crippen molar-refractivity contribution in [3.05, 3.63) is 0 Å². The zero-order valence-corrected chi connectivity index (χ0v) is 11.9. The molecule has 7 heteroatoms. The summed E-state index contributed by atoms with van der Waals surface area (Å²) < 4.78 is 0. The average Bonchev–Trinajstić information content (AvgIpc) is 2.24. The van der Waals surface area contributed by atoms with Crippen LogP contribution in [0.2, 0.25) is 0 Å². The largest absolute Gasteiger partial charge is 0.481 e. The molecule has 0 spiro atoms. The Morgan fingerprint density at radius 1 is 0.950 bits per heavy atom. The van der Waals surface area contributed by atoms with E-state index in [0.717, 1.165) is 0 Å². The summed E-state index contributed by atoms with van der Waals surface area (Å²) in [4.78, 5) is 32.3. The van der Waals surface area contributed by atoms with Crippen molar-refractivity contribution >= 4 is 17.9 Å². The van der Waals surface area contributed by atoms with Crippen LogP contribution in [0, 0.1) is 0 Å². The Morgan fingerprint density at radius 2 is 1.50 bits per heavy atom. The highest BCUT2D eigenvalue weighted by Gasteiger charge is 2.33. The van der Waals surface area contributed by atoms with Crippen LogP contribution in [0.25, 0.3) is 0 Å². The highest BCUT2D eigenvalue weighted by atomic mass is 16.4. The maximum Gasteiger partial charge on any atom is 0.305 e. The quantitative estimate of drug-likeness (QED) is 0.452. The average molecular weight is 289 g/mol. The zero-order valence-electron chi connectivity index (χ0n) is 11.9. The fraction of sp³-hybridized carbons (Fsp3) is 0.769. The molecule has 1 atom stereocenters. The Kier molecular flexibility index (Phi) is 7.83. The normalized spacial score (nSPS) is 13.9. The molecule has 0 aliphatic rings. The number of carboxylic acids is 3. The van der Waals surface area contributed by atoms with Gasteiger partial charge in [0.2, 0.25) is 0 Å². The molecule has 0 radical (unpaired) electrons. The van der Waals surface area contributed by atoms with Crippen LogP contribution < -0.4 is 5.32 Å². The minimum Gasteiger partial charge on any atom is -0.481 e. The van der Waals surface area contributed by atoms with Gasteiger partial charge >= 0.3 is 17.9 Å².